The molecular weight excluding hydrogens is 452 g/mol. The Bertz CT molecular complexity index is 725. The summed E-state index contributed by atoms with van der Waals surface area (Å²) < 4.78 is 21.9. The summed E-state index contributed by atoms with van der Waals surface area (Å²) in [6.45, 7) is 3.82. The molecule has 8 nitrogen and oxygen atoms in total. The molecule has 0 amide bonds. The Hall–Kier alpha value is -1.96. The van der Waals surface area contributed by atoms with Crippen molar-refractivity contribution in [3.8, 4) is 0 Å². The molecule has 3 aliphatic rings. The maximum absolute atomic E-state index is 12.7. The van der Waals surface area contributed by atoms with Crippen LogP contribution < -0.4 is 0 Å². The fourth-order valence-corrected chi connectivity index (χ4v) is 5.65. The van der Waals surface area contributed by atoms with Crippen LogP contribution in [0.5, 0.6) is 0 Å². The van der Waals surface area contributed by atoms with Gasteiger partial charge in [-0.3, -0.25) is 19.2 Å². The van der Waals surface area contributed by atoms with E-state index in [2.05, 4.69) is 0 Å². The fourth-order valence-electron chi connectivity index (χ4n) is 5.65. The van der Waals surface area contributed by atoms with Crippen LogP contribution >= 0.6 is 0 Å². The number of ketones is 1. The molecule has 1 unspecified atom stereocenters. The quantitative estimate of drug-likeness (QED) is 0.347. The van der Waals surface area contributed by atoms with Gasteiger partial charge in [-0.15, -0.1) is 0 Å². The Labute approximate surface area is 208 Å². The van der Waals surface area contributed by atoms with Crippen molar-refractivity contribution in [3.05, 3.63) is 0 Å². The van der Waals surface area contributed by atoms with Gasteiger partial charge in [0.25, 0.3) is 0 Å². The fraction of sp³-hybridized carbons (Fsp3) is 0.852. The maximum Gasteiger partial charge on any atom is 0.309 e. The summed E-state index contributed by atoms with van der Waals surface area (Å²) in [5, 5.41) is 0. The van der Waals surface area contributed by atoms with Crippen molar-refractivity contribution < 1.29 is 38.1 Å². The third kappa shape index (κ3) is 8.29. The van der Waals surface area contributed by atoms with Gasteiger partial charge in [-0.25, -0.2) is 0 Å². The van der Waals surface area contributed by atoms with Crippen molar-refractivity contribution in [1.29, 1.82) is 0 Å². The Morgan fingerprint density at radius 3 is 1.40 bits per heavy atom. The van der Waals surface area contributed by atoms with E-state index in [9.17, 15) is 19.2 Å². The predicted octanol–water partition coefficient (Wildman–Crippen LogP) is 4.16. The Kier molecular flexibility index (Phi) is 10.6. The smallest absolute Gasteiger partial charge is 0.309 e. The molecule has 0 N–H and O–H groups in total. The normalized spacial score (nSPS) is 32.2. The van der Waals surface area contributed by atoms with Crippen LogP contribution in [-0.4, -0.2) is 55.7 Å². The average molecular weight is 495 g/mol. The van der Waals surface area contributed by atoms with Crippen LogP contribution in [0.1, 0.15) is 90.9 Å². The predicted molar refractivity (Wildman–Crippen MR) is 127 cm³/mol. The Morgan fingerprint density at radius 1 is 0.629 bits per heavy atom. The van der Waals surface area contributed by atoms with E-state index in [0.29, 0.717) is 58.0 Å². The van der Waals surface area contributed by atoms with Gasteiger partial charge in [-0.05, 0) is 90.9 Å². The highest BCUT2D eigenvalue weighted by Crippen LogP contribution is 2.34. The van der Waals surface area contributed by atoms with E-state index in [0.717, 1.165) is 25.7 Å². The van der Waals surface area contributed by atoms with E-state index in [1.54, 1.807) is 14.0 Å². The van der Waals surface area contributed by atoms with E-state index in [4.69, 9.17) is 18.9 Å². The molecule has 8 heteroatoms. The molecule has 0 radical (unpaired) electrons. The Balaban J connectivity index is 1.32. The third-order valence-electron chi connectivity index (χ3n) is 7.93. The lowest BCUT2D eigenvalue weighted by atomic mass is 9.81. The molecule has 0 heterocycles. The zero-order chi connectivity index (χ0) is 25.4. The minimum Gasteiger partial charge on any atom is -0.462 e. The Morgan fingerprint density at radius 2 is 1.00 bits per heavy atom. The molecule has 3 rings (SSSR count). The number of hydrogen-bond donors (Lipinski definition) is 0. The number of esters is 3. The van der Waals surface area contributed by atoms with E-state index in [1.165, 1.54) is 0 Å². The molecule has 0 aromatic rings. The molecule has 3 fully saturated rings. The number of ether oxygens (including phenoxy) is 4. The number of carbonyl (C=O) groups is 4. The largest absolute Gasteiger partial charge is 0.462 e. The van der Waals surface area contributed by atoms with Gasteiger partial charge in [-0.2, -0.15) is 0 Å². The zero-order valence-corrected chi connectivity index (χ0v) is 21.5. The van der Waals surface area contributed by atoms with Crippen molar-refractivity contribution in [2.75, 3.05) is 13.7 Å². The zero-order valence-electron chi connectivity index (χ0n) is 21.5. The van der Waals surface area contributed by atoms with E-state index >= 15 is 0 Å². The number of Topliss-reactive ketones (excluding diaryl/α,β-unsaturated/α-hetero) is 1. The molecular formula is C27H42O8. The lowest BCUT2D eigenvalue weighted by molar-refractivity contribution is -0.164. The first kappa shape index (κ1) is 27.6. The van der Waals surface area contributed by atoms with Gasteiger partial charge in [0.1, 0.15) is 24.1 Å². The topological polar surface area (TPSA) is 105 Å². The SMILES string of the molecule is COCC(C)OC(=O)C1CCC(OC(=O)C2CCC(C(=O)OC3CCC(C(C)=O)CC3)CC2)CC1. The second kappa shape index (κ2) is 13.4. The van der Waals surface area contributed by atoms with Gasteiger partial charge in [0.2, 0.25) is 0 Å². The molecule has 0 bridgehead atoms. The highest BCUT2D eigenvalue weighted by atomic mass is 16.6. The summed E-state index contributed by atoms with van der Waals surface area (Å²) in [5.41, 5.74) is 0. The van der Waals surface area contributed by atoms with Gasteiger partial charge in [0.15, 0.2) is 0 Å². The minimum atomic E-state index is -0.266. The second-order valence-corrected chi connectivity index (χ2v) is 10.7. The van der Waals surface area contributed by atoms with Gasteiger partial charge in [0, 0.05) is 13.0 Å². The first-order chi connectivity index (χ1) is 16.8. The number of carbonyl (C=O) groups excluding carboxylic acids is 4. The van der Waals surface area contributed by atoms with Gasteiger partial charge < -0.3 is 18.9 Å². The molecule has 0 aliphatic heterocycles. The average Bonchev–Trinajstić information content (AvgIpc) is 2.85. The molecule has 0 aromatic carbocycles. The maximum atomic E-state index is 12.7. The third-order valence-corrected chi connectivity index (χ3v) is 7.93. The van der Waals surface area contributed by atoms with Crippen LogP contribution in [0.4, 0.5) is 0 Å². The first-order valence-electron chi connectivity index (χ1n) is 13.4. The van der Waals surface area contributed by atoms with Crippen LogP contribution in [0.2, 0.25) is 0 Å². The van der Waals surface area contributed by atoms with Crippen LogP contribution in [0.3, 0.4) is 0 Å². The molecule has 0 spiro atoms. The number of methoxy groups -OCH3 is 1. The number of hydrogen-bond acceptors (Lipinski definition) is 8. The highest BCUT2D eigenvalue weighted by Gasteiger charge is 2.36. The summed E-state index contributed by atoms with van der Waals surface area (Å²) in [6, 6.07) is 0. The van der Waals surface area contributed by atoms with Crippen molar-refractivity contribution in [2.45, 2.75) is 109 Å². The van der Waals surface area contributed by atoms with E-state index in [1.807, 2.05) is 6.92 Å². The molecule has 1 atom stereocenters. The monoisotopic (exact) mass is 494 g/mol. The molecule has 35 heavy (non-hydrogen) atoms. The second-order valence-electron chi connectivity index (χ2n) is 10.7. The lowest BCUT2D eigenvalue weighted by Gasteiger charge is -2.32. The van der Waals surface area contributed by atoms with Crippen molar-refractivity contribution in [2.24, 2.45) is 23.7 Å². The van der Waals surface area contributed by atoms with Gasteiger partial charge in [-0.1, -0.05) is 0 Å². The van der Waals surface area contributed by atoms with Crippen molar-refractivity contribution in [3.63, 3.8) is 0 Å². The van der Waals surface area contributed by atoms with Crippen molar-refractivity contribution in [1.82, 2.24) is 0 Å². The summed E-state index contributed by atoms with van der Waals surface area (Å²) in [7, 11) is 1.58. The summed E-state index contributed by atoms with van der Waals surface area (Å²) in [6.07, 6.45) is 7.77. The van der Waals surface area contributed by atoms with Crippen molar-refractivity contribution >= 4 is 23.7 Å². The molecule has 0 saturated heterocycles. The number of rotatable bonds is 9. The first-order valence-corrected chi connectivity index (χ1v) is 13.4. The highest BCUT2D eigenvalue weighted by molar-refractivity contribution is 5.78. The van der Waals surface area contributed by atoms with Crippen LogP contribution in [-0.2, 0) is 38.1 Å². The van der Waals surface area contributed by atoms with E-state index < -0.39 is 0 Å². The summed E-state index contributed by atoms with van der Waals surface area (Å²) >= 11 is 0. The standard InChI is InChI=1S/C27H42O8/c1-17(16-32-3)33-25(29)22-10-14-24(15-11-22)35-27(31)21-6-4-20(5-7-21)26(30)34-23-12-8-19(9-13-23)18(2)28/h17,19-24H,4-16H2,1-3H3. The summed E-state index contributed by atoms with van der Waals surface area (Å²) in [5.74, 6) is -0.691. The summed E-state index contributed by atoms with van der Waals surface area (Å²) in [4.78, 5) is 49.1. The van der Waals surface area contributed by atoms with Crippen LogP contribution in [0.15, 0.2) is 0 Å². The molecule has 3 saturated carbocycles. The molecule has 198 valence electrons. The van der Waals surface area contributed by atoms with Gasteiger partial charge >= 0.3 is 17.9 Å². The molecule has 3 aliphatic carbocycles. The van der Waals surface area contributed by atoms with Gasteiger partial charge in [0.05, 0.1) is 24.4 Å². The van der Waals surface area contributed by atoms with E-state index in [-0.39, 0.29) is 65.7 Å². The minimum absolute atomic E-state index is 0.0867. The molecule has 0 aromatic heterocycles. The lowest BCUT2D eigenvalue weighted by Crippen LogP contribution is -2.34. The van der Waals surface area contributed by atoms with Crippen LogP contribution in [0, 0.1) is 23.7 Å². The van der Waals surface area contributed by atoms with Crippen LogP contribution in [0.25, 0.3) is 0 Å².